The van der Waals surface area contributed by atoms with Gasteiger partial charge in [-0.25, -0.2) is 13.4 Å². The fraction of sp³-hybridized carbons (Fsp3) is 0.217. The average Bonchev–Trinajstić information content (AvgIpc) is 3.48. The molecule has 6 nitrogen and oxygen atoms in total. The highest BCUT2D eigenvalue weighted by Crippen LogP contribution is 2.33. The Kier molecular flexibility index (Phi) is 6.24. The van der Waals surface area contributed by atoms with Crippen LogP contribution in [-0.2, 0) is 14.8 Å². The molecule has 0 bridgehead atoms. The summed E-state index contributed by atoms with van der Waals surface area (Å²) in [6.07, 6.45) is 1.96. The summed E-state index contributed by atoms with van der Waals surface area (Å²) in [5.41, 5.74) is 1.76. The minimum atomic E-state index is -3.80. The molecule has 1 aliphatic rings. The van der Waals surface area contributed by atoms with Gasteiger partial charge in [0.2, 0.25) is 5.91 Å². The lowest BCUT2D eigenvalue weighted by atomic mass is 10.0. The molecule has 2 aromatic carbocycles. The third-order valence-corrected chi connectivity index (χ3v) is 10.0. The van der Waals surface area contributed by atoms with E-state index in [4.69, 9.17) is 11.6 Å². The van der Waals surface area contributed by atoms with Gasteiger partial charge in [0, 0.05) is 17.5 Å². The molecule has 0 radical (unpaired) electrons. The Bertz CT molecular complexity index is 1430. The summed E-state index contributed by atoms with van der Waals surface area (Å²) in [5, 5.41) is 7.40. The number of carbonyl (C=O) groups excluding carboxylic acids is 1. The lowest BCUT2D eigenvalue weighted by molar-refractivity contribution is -0.120. The molecule has 1 saturated heterocycles. The first-order valence-corrected chi connectivity index (χ1v) is 14.0. The standard InChI is InChI=1S/C23H20ClN3O3S3/c24-20-11-12-21(32-20)33(29,30)27-13-4-3-10-19(27)22(28)26-23-25-18(14-31-23)17-9-5-7-15-6-1-2-8-16(15)17/h1-2,5-9,11-12,14,19H,3-4,10,13H2,(H,25,26,28). The molecule has 2 aromatic heterocycles. The minimum absolute atomic E-state index is 0.152. The van der Waals surface area contributed by atoms with Crippen LogP contribution in [0, 0.1) is 0 Å². The highest BCUT2D eigenvalue weighted by molar-refractivity contribution is 7.91. The van der Waals surface area contributed by atoms with Crippen LogP contribution >= 0.6 is 34.3 Å². The molecule has 4 aromatic rings. The first kappa shape index (κ1) is 22.5. The number of hydrogen-bond acceptors (Lipinski definition) is 6. The Morgan fingerprint density at radius 1 is 1.09 bits per heavy atom. The summed E-state index contributed by atoms with van der Waals surface area (Å²) >= 11 is 8.28. The molecule has 0 saturated carbocycles. The highest BCUT2D eigenvalue weighted by Gasteiger charge is 2.38. The molecule has 1 unspecified atom stereocenters. The van der Waals surface area contributed by atoms with Gasteiger partial charge in [0.15, 0.2) is 5.13 Å². The number of benzene rings is 2. The predicted octanol–water partition coefficient (Wildman–Crippen LogP) is 5.86. The van der Waals surface area contributed by atoms with Crippen molar-refractivity contribution in [1.82, 2.24) is 9.29 Å². The zero-order valence-electron chi connectivity index (χ0n) is 17.4. The van der Waals surface area contributed by atoms with Crippen LogP contribution in [0.15, 0.2) is 64.2 Å². The van der Waals surface area contributed by atoms with Crippen LogP contribution in [0.1, 0.15) is 19.3 Å². The van der Waals surface area contributed by atoms with E-state index in [2.05, 4.69) is 10.3 Å². The van der Waals surface area contributed by atoms with Gasteiger partial charge in [0.25, 0.3) is 10.0 Å². The van der Waals surface area contributed by atoms with E-state index in [1.165, 1.54) is 21.7 Å². The lowest BCUT2D eigenvalue weighted by Gasteiger charge is -2.32. The number of sulfonamides is 1. The molecule has 0 aliphatic carbocycles. The molecule has 33 heavy (non-hydrogen) atoms. The van der Waals surface area contributed by atoms with Gasteiger partial charge in [-0.1, -0.05) is 60.5 Å². The molecule has 1 amide bonds. The molecule has 0 spiro atoms. The zero-order valence-corrected chi connectivity index (χ0v) is 20.6. The number of amides is 1. The van der Waals surface area contributed by atoms with Gasteiger partial charge in [0.1, 0.15) is 10.3 Å². The lowest BCUT2D eigenvalue weighted by Crippen LogP contribution is -2.49. The summed E-state index contributed by atoms with van der Waals surface area (Å²) in [6.45, 7) is 0.301. The number of nitrogens with one attached hydrogen (secondary N) is 1. The van der Waals surface area contributed by atoms with Crippen molar-refractivity contribution < 1.29 is 13.2 Å². The summed E-state index contributed by atoms with van der Waals surface area (Å²) in [4.78, 5) is 17.8. The van der Waals surface area contributed by atoms with E-state index in [1.807, 2.05) is 47.8 Å². The summed E-state index contributed by atoms with van der Waals surface area (Å²) in [7, 11) is -3.80. The number of halogens is 1. The summed E-state index contributed by atoms with van der Waals surface area (Å²) in [5.74, 6) is -0.361. The fourth-order valence-corrected chi connectivity index (χ4v) is 8.08. The van der Waals surface area contributed by atoms with Gasteiger partial charge in [-0.05, 0) is 35.7 Å². The molecule has 1 fully saturated rings. The molecule has 1 atom stereocenters. The first-order valence-electron chi connectivity index (χ1n) is 10.5. The van der Waals surface area contributed by atoms with Crippen LogP contribution < -0.4 is 5.32 Å². The molecule has 10 heteroatoms. The minimum Gasteiger partial charge on any atom is -0.301 e. The maximum absolute atomic E-state index is 13.2. The molecular weight excluding hydrogens is 498 g/mol. The van der Waals surface area contributed by atoms with Crippen molar-refractivity contribution in [2.45, 2.75) is 29.5 Å². The van der Waals surface area contributed by atoms with Gasteiger partial charge in [-0.15, -0.1) is 22.7 Å². The van der Waals surface area contributed by atoms with Crippen molar-refractivity contribution in [3.63, 3.8) is 0 Å². The van der Waals surface area contributed by atoms with Crippen molar-refractivity contribution in [2.75, 3.05) is 11.9 Å². The van der Waals surface area contributed by atoms with Crippen molar-refractivity contribution >= 4 is 66.1 Å². The van der Waals surface area contributed by atoms with E-state index < -0.39 is 16.1 Å². The monoisotopic (exact) mass is 517 g/mol. The Morgan fingerprint density at radius 3 is 2.73 bits per heavy atom. The number of piperidine rings is 1. The second-order valence-electron chi connectivity index (χ2n) is 7.74. The number of rotatable bonds is 5. The van der Waals surface area contributed by atoms with Crippen LogP contribution in [0.25, 0.3) is 22.0 Å². The molecule has 1 N–H and O–H groups in total. The number of thiophene rings is 1. The number of hydrogen-bond donors (Lipinski definition) is 1. The number of fused-ring (bicyclic) bond motifs is 1. The van der Waals surface area contributed by atoms with Crippen LogP contribution in [0.4, 0.5) is 5.13 Å². The van der Waals surface area contributed by atoms with E-state index in [9.17, 15) is 13.2 Å². The third-order valence-electron chi connectivity index (χ3n) is 5.67. The van der Waals surface area contributed by atoms with Crippen LogP contribution in [0.5, 0.6) is 0 Å². The van der Waals surface area contributed by atoms with Gasteiger partial charge in [-0.2, -0.15) is 4.31 Å². The predicted molar refractivity (Wildman–Crippen MR) is 135 cm³/mol. The molecule has 1 aliphatic heterocycles. The van der Waals surface area contributed by atoms with E-state index in [1.54, 1.807) is 6.07 Å². The van der Waals surface area contributed by atoms with E-state index in [0.717, 1.165) is 39.8 Å². The number of thiazole rings is 1. The number of nitrogens with zero attached hydrogens (tertiary/aromatic N) is 2. The topological polar surface area (TPSA) is 79.4 Å². The van der Waals surface area contributed by atoms with Crippen LogP contribution in [-0.4, -0.2) is 36.2 Å². The van der Waals surface area contributed by atoms with Crippen molar-refractivity contribution in [2.24, 2.45) is 0 Å². The van der Waals surface area contributed by atoms with Gasteiger partial charge in [-0.3, -0.25) is 4.79 Å². The van der Waals surface area contributed by atoms with Gasteiger partial charge in [0.05, 0.1) is 10.0 Å². The molecule has 3 heterocycles. The molecule has 170 valence electrons. The number of aromatic nitrogens is 1. The second-order valence-corrected chi connectivity index (χ2v) is 12.4. The molecular formula is C23H20ClN3O3S3. The summed E-state index contributed by atoms with van der Waals surface area (Å²) < 4.78 is 28.2. The fourth-order valence-electron chi connectivity index (χ4n) is 4.10. The van der Waals surface area contributed by atoms with Crippen molar-refractivity contribution in [3.05, 3.63) is 64.3 Å². The SMILES string of the molecule is O=C(Nc1nc(-c2cccc3ccccc23)cs1)C1CCCCN1S(=O)(=O)c1ccc(Cl)s1. The number of carbonyl (C=O) groups is 1. The maximum atomic E-state index is 13.2. The zero-order chi connectivity index (χ0) is 23.0. The third kappa shape index (κ3) is 4.43. The van der Waals surface area contributed by atoms with Crippen molar-refractivity contribution in [1.29, 1.82) is 0 Å². The average molecular weight is 518 g/mol. The van der Waals surface area contributed by atoms with Crippen LogP contribution in [0.2, 0.25) is 4.34 Å². The summed E-state index contributed by atoms with van der Waals surface area (Å²) in [6, 6.07) is 16.4. The first-order chi connectivity index (χ1) is 15.9. The Balaban J connectivity index is 1.38. The largest absolute Gasteiger partial charge is 0.301 e. The van der Waals surface area contributed by atoms with Gasteiger partial charge < -0.3 is 5.32 Å². The quantitative estimate of drug-likeness (QED) is 0.359. The second kappa shape index (κ2) is 9.15. The van der Waals surface area contributed by atoms with Crippen molar-refractivity contribution in [3.8, 4) is 11.3 Å². The van der Waals surface area contributed by atoms with Gasteiger partial charge >= 0.3 is 0 Å². The van der Waals surface area contributed by atoms with E-state index in [0.29, 0.717) is 28.9 Å². The highest BCUT2D eigenvalue weighted by atomic mass is 35.5. The van der Waals surface area contributed by atoms with E-state index in [-0.39, 0.29) is 10.1 Å². The maximum Gasteiger partial charge on any atom is 0.253 e. The van der Waals surface area contributed by atoms with Crippen LogP contribution in [0.3, 0.4) is 0 Å². The smallest absolute Gasteiger partial charge is 0.253 e. The Labute approximate surface area is 204 Å². The van der Waals surface area contributed by atoms with E-state index >= 15 is 0 Å². The normalized spacial score (nSPS) is 17.3. The molecule has 5 rings (SSSR count). The number of anilines is 1. The Morgan fingerprint density at radius 2 is 1.91 bits per heavy atom. The Hall–Kier alpha value is -2.30.